The van der Waals surface area contributed by atoms with Gasteiger partial charge in [0.2, 0.25) is 0 Å². The summed E-state index contributed by atoms with van der Waals surface area (Å²) in [4.78, 5) is 16.3. The second-order valence-corrected chi connectivity index (χ2v) is 6.39. The molecular weight excluding hydrogens is 240 g/mol. The van der Waals surface area contributed by atoms with Crippen LogP contribution in [0.25, 0.3) is 0 Å². The average Bonchev–Trinajstić information content (AvgIpc) is 2.65. The van der Waals surface area contributed by atoms with Gasteiger partial charge in [0, 0.05) is 38.8 Å². The first-order valence-corrected chi connectivity index (χ1v) is 7.70. The summed E-state index contributed by atoms with van der Waals surface area (Å²) in [6.45, 7) is 5.11. The summed E-state index contributed by atoms with van der Waals surface area (Å²) in [5, 5.41) is 6.70. The zero-order chi connectivity index (χ0) is 13.2. The van der Waals surface area contributed by atoms with E-state index < -0.39 is 0 Å². The Morgan fingerprint density at radius 2 is 2.16 bits per heavy atom. The van der Waals surface area contributed by atoms with Crippen LogP contribution in [0.15, 0.2) is 0 Å². The first-order chi connectivity index (χ1) is 9.22. The van der Waals surface area contributed by atoms with E-state index in [1.807, 2.05) is 4.90 Å². The Labute approximate surface area is 115 Å². The highest BCUT2D eigenvalue weighted by molar-refractivity contribution is 5.76. The molecule has 19 heavy (non-hydrogen) atoms. The molecule has 0 aromatic carbocycles. The van der Waals surface area contributed by atoms with E-state index in [0.29, 0.717) is 12.1 Å². The van der Waals surface area contributed by atoms with Crippen molar-refractivity contribution in [2.45, 2.75) is 37.8 Å². The zero-order valence-electron chi connectivity index (χ0n) is 11.9. The number of piperazine rings is 1. The molecule has 2 unspecified atom stereocenters. The van der Waals surface area contributed by atoms with Crippen LogP contribution >= 0.6 is 0 Å². The fourth-order valence-corrected chi connectivity index (χ4v) is 3.41. The first-order valence-electron chi connectivity index (χ1n) is 7.70. The highest BCUT2D eigenvalue weighted by Crippen LogP contribution is 2.31. The Kier molecular flexibility index (Phi) is 3.93. The summed E-state index contributed by atoms with van der Waals surface area (Å²) in [6, 6.07) is 1.11. The summed E-state index contributed by atoms with van der Waals surface area (Å²) in [7, 11) is 2.17. The number of nitrogens with one attached hydrogen (secondary N) is 2. The third-order valence-corrected chi connectivity index (χ3v) is 4.94. The fraction of sp³-hybridized carbons (Fsp3) is 0.929. The van der Waals surface area contributed by atoms with Crippen molar-refractivity contribution in [3.63, 3.8) is 0 Å². The molecule has 5 nitrogen and oxygen atoms in total. The van der Waals surface area contributed by atoms with Crippen LogP contribution in [0.1, 0.15) is 25.7 Å². The van der Waals surface area contributed by atoms with Gasteiger partial charge in [-0.1, -0.05) is 6.42 Å². The van der Waals surface area contributed by atoms with Crippen LogP contribution in [0.2, 0.25) is 0 Å². The van der Waals surface area contributed by atoms with Crippen LogP contribution in [0.5, 0.6) is 0 Å². The first kappa shape index (κ1) is 13.2. The molecular formula is C14H26N4O. The Balaban J connectivity index is 1.43. The van der Waals surface area contributed by atoms with Crippen molar-refractivity contribution in [1.82, 2.24) is 20.4 Å². The van der Waals surface area contributed by atoms with Crippen LogP contribution in [0, 0.1) is 5.92 Å². The summed E-state index contributed by atoms with van der Waals surface area (Å²) >= 11 is 0. The summed E-state index contributed by atoms with van der Waals surface area (Å²) in [5.74, 6) is 0.743. The van der Waals surface area contributed by atoms with Crippen molar-refractivity contribution in [2.24, 2.45) is 5.92 Å². The molecule has 1 aliphatic carbocycles. The maximum Gasteiger partial charge on any atom is 0.317 e. The molecule has 2 saturated heterocycles. The number of hydrogen-bond acceptors (Lipinski definition) is 3. The standard InChI is InChI=1S/C14H26N4O/c1-17-8-6-15-12(9-17)5-7-18-10-13(16-14(18)19)11-3-2-4-11/h11-13,15H,2-10H2,1H3,(H,16,19). The smallest absolute Gasteiger partial charge is 0.317 e. The van der Waals surface area contributed by atoms with Crippen LogP contribution in [0.3, 0.4) is 0 Å². The van der Waals surface area contributed by atoms with Crippen molar-refractivity contribution >= 4 is 6.03 Å². The minimum atomic E-state index is 0.154. The Hall–Kier alpha value is -0.810. The van der Waals surface area contributed by atoms with E-state index in [0.717, 1.165) is 45.1 Å². The lowest BCUT2D eigenvalue weighted by atomic mass is 9.80. The van der Waals surface area contributed by atoms with E-state index in [1.54, 1.807) is 0 Å². The Bertz CT molecular complexity index is 331. The molecule has 3 aliphatic rings. The molecule has 2 N–H and O–H groups in total. The highest BCUT2D eigenvalue weighted by atomic mass is 16.2. The molecule has 2 aliphatic heterocycles. The number of carbonyl (C=O) groups is 1. The molecule has 2 atom stereocenters. The second kappa shape index (κ2) is 5.67. The monoisotopic (exact) mass is 266 g/mol. The van der Waals surface area contributed by atoms with Crippen molar-refractivity contribution in [1.29, 1.82) is 0 Å². The van der Waals surface area contributed by atoms with Crippen molar-refractivity contribution in [3.05, 3.63) is 0 Å². The number of likely N-dealkylation sites (N-methyl/N-ethyl adjacent to an activating group) is 1. The van der Waals surface area contributed by atoms with Gasteiger partial charge in [0.25, 0.3) is 0 Å². The zero-order valence-corrected chi connectivity index (χ0v) is 11.9. The molecule has 2 heterocycles. The van der Waals surface area contributed by atoms with Gasteiger partial charge in [-0.2, -0.15) is 0 Å². The van der Waals surface area contributed by atoms with Gasteiger partial charge in [-0.05, 0) is 32.2 Å². The molecule has 0 aromatic heterocycles. The summed E-state index contributed by atoms with van der Waals surface area (Å²) < 4.78 is 0. The van der Waals surface area contributed by atoms with Gasteiger partial charge in [-0.25, -0.2) is 4.79 Å². The van der Waals surface area contributed by atoms with Crippen molar-refractivity contribution < 1.29 is 4.79 Å². The topological polar surface area (TPSA) is 47.6 Å². The normalized spacial score (nSPS) is 33.3. The number of nitrogens with zero attached hydrogens (tertiary/aromatic N) is 2. The number of urea groups is 1. The lowest BCUT2D eigenvalue weighted by Gasteiger charge is -2.32. The van der Waals surface area contributed by atoms with E-state index in [2.05, 4.69) is 22.6 Å². The maximum absolute atomic E-state index is 12.0. The second-order valence-electron chi connectivity index (χ2n) is 6.39. The quantitative estimate of drug-likeness (QED) is 0.778. The van der Waals surface area contributed by atoms with Gasteiger partial charge in [0.05, 0.1) is 6.04 Å². The third-order valence-electron chi connectivity index (χ3n) is 4.94. The van der Waals surface area contributed by atoms with Gasteiger partial charge < -0.3 is 20.4 Å². The van der Waals surface area contributed by atoms with Gasteiger partial charge in [0.1, 0.15) is 0 Å². The average molecular weight is 266 g/mol. The van der Waals surface area contributed by atoms with Gasteiger partial charge in [0.15, 0.2) is 0 Å². The Morgan fingerprint density at radius 1 is 1.32 bits per heavy atom. The van der Waals surface area contributed by atoms with Crippen LogP contribution in [-0.2, 0) is 0 Å². The molecule has 0 aromatic rings. The molecule has 0 radical (unpaired) electrons. The van der Waals surface area contributed by atoms with E-state index in [-0.39, 0.29) is 6.03 Å². The van der Waals surface area contributed by atoms with Crippen LogP contribution in [0.4, 0.5) is 4.79 Å². The predicted octanol–water partition coefficient (Wildman–Crippen LogP) is 0.474. The van der Waals surface area contributed by atoms with E-state index >= 15 is 0 Å². The number of hydrogen-bond donors (Lipinski definition) is 2. The molecule has 108 valence electrons. The molecule has 0 bridgehead atoms. The molecule has 5 heteroatoms. The minimum absolute atomic E-state index is 0.154. The number of amides is 2. The summed E-state index contributed by atoms with van der Waals surface area (Å²) in [5.41, 5.74) is 0. The van der Waals surface area contributed by atoms with Crippen molar-refractivity contribution in [3.8, 4) is 0 Å². The van der Waals surface area contributed by atoms with E-state index in [1.165, 1.54) is 19.3 Å². The van der Waals surface area contributed by atoms with Gasteiger partial charge in [-0.3, -0.25) is 0 Å². The highest BCUT2D eigenvalue weighted by Gasteiger charge is 2.36. The number of rotatable bonds is 4. The van der Waals surface area contributed by atoms with Crippen LogP contribution in [-0.4, -0.2) is 67.7 Å². The SMILES string of the molecule is CN1CCNC(CCN2CC(C3CCC3)NC2=O)C1. The molecule has 3 fully saturated rings. The Morgan fingerprint density at radius 3 is 2.84 bits per heavy atom. The molecule has 1 saturated carbocycles. The summed E-state index contributed by atoms with van der Waals surface area (Å²) in [6.07, 6.45) is 5.01. The molecule has 3 rings (SSSR count). The van der Waals surface area contributed by atoms with Gasteiger partial charge in [-0.15, -0.1) is 0 Å². The van der Waals surface area contributed by atoms with Gasteiger partial charge >= 0.3 is 6.03 Å². The predicted molar refractivity (Wildman–Crippen MR) is 75.1 cm³/mol. The lowest BCUT2D eigenvalue weighted by molar-refractivity contribution is 0.199. The van der Waals surface area contributed by atoms with E-state index in [9.17, 15) is 4.79 Å². The van der Waals surface area contributed by atoms with Crippen LogP contribution < -0.4 is 10.6 Å². The fourth-order valence-electron chi connectivity index (χ4n) is 3.41. The minimum Gasteiger partial charge on any atom is -0.333 e. The largest absolute Gasteiger partial charge is 0.333 e. The number of carbonyl (C=O) groups excluding carboxylic acids is 1. The van der Waals surface area contributed by atoms with Crippen molar-refractivity contribution in [2.75, 3.05) is 39.8 Å². The van der Waals surface area contributed by atoms with E-state index in [4.69, 9.17) is 0 Å². The maximum atomic E-state index is 12.0. The third kappa shape index (κ3) is 3.03. The molecule has 2 amide bonds. The lowest BCUT2D eigenvalue weighted by Crippen LogP contribution is -2.50. The molecule has 0 spiro atoms.